The summed E-state index contributed by atoms with van der Waals surface area (Å²) in [5, 5.41) is 18.2. The van der Waals surface area contributed by atoms with Crippen LogP contribution in [0.4, 0.5) is 0 Å². The van der Waals surface area contributed by atoms with Gasteiger partial charge in [0, 0.05) is 0 Å². The number of allylic oxidation sites excluding steroid dienone is 1. The zero-order valence-electron chi connectivity index (χ0n) is 4.88. The normalized spacial score (nSPS) is 10.0. The van der Waals surface area contributed by atoms with Gasteiger partial charge in [-0.2, -0.15) is 5.26 Å². The summed E-state index contributed by atoms with van der Waals surface area (Å²) >= 11 is 0. The lowest BCUT2D eigenvalue weighted by Crippen LogP contribution is -2.18. The summed E-state index contributed by atoms with van der Waals surface area (Å²) < 4.78 is 0. The van der Waals surface area contributed by atoms with E-state index < -0.39 is 11.7 Å². The number of hydrogen-bond donors (Lipinski definition) is 2. The fourth-order valence-electron chi connectivity index (χ4n) is 0.246. The maximum atomic E-state index is 10.3. The molecule has 0 fully saturated rings. The standard InChI is InChI=1S/C5H6N2O2/c1-2-4(8)5(9)7-3-6/h2,8H,1H3,(H,7,9)/b4-2+. The summed E-state index contributed by atoms with van der Waals surface area (Å²) in [5.74, 6) is -1.23. The molecule has 4 nitrogen and oxygen atoms in total. The number of hydrogen-bond acceptors (Lipinski definition) is 3. The van der Waals surface area contributed by atoms with Crippen molar-refractivity contribution < 1.29 is 9.90 Å². The molecular formula is C5H6N2O2. The fourth-order valence-corrected chi connectivity index (χ4v) is 0.246. The lowest BCUT2D eigenvalue weighted by atomic mass is 10.4. The van der Waals surface area contributed by atoms with Gasteiger partial charge < -0.3 is 5.11 Å². The van der Waals surface area contributed by atoms with Gasteiger partial charge in [-0.15, -0.1) is 0 Å². The second-order valence-electron chi connectivity index (χ2n) is 1.24. The molecule has 0 radical (unpaired) electrons. The highest BCUT2D eigenvalue weighted by Crippen LogP contribution is 1.84. The molecule has 0 aliphatic heterocycles. The van der Waals surface area contributed by atoms with E-state index >= 15 is 0 Å². The maximum absolute atomic E-state index is 10.3. The second-order valence-corrected chi connectivity index (χ2v) is 1.24. The Morgan fingerprint density at radius 1 is 1.89 bits per heavy atom. The van der Waals surface area contributed by atoms with Crippen LogP contribution in [0.3, 0.4) is 0 Å². The van der Waals surface area contributed by atoms with Gasteiger partial charge in [0.1, 0.15) is 0 Å². The van der Waals surface area contributed by atoms with Crippen LogP contribution in [-0.2, 0) is 4.79 Å². The van der Waals surface area contributed by atoms with Crippen molar-refractivity contribution in [3.8, 4) is 6.19 Å². The maximum Gasteiger partial charge on any atom is 0.298 e. The molecule has 0 heterocycles. The summed E-state index contributed by atoms with van der Waals surface area (Å²) in [7, 11) is 0. The molecule has 0 rings (SSSR count). The Kier molecular flexibility index (Phi) is 2.91. The molecule has 0 saturated heterocycles. The number of carbonyl (C=O) groups is 1. The summed E-state index contributed by atoms with van der Waals surface area (Å²) in [6.45, 7) is 1.49. The second kappa shape index (κ2) is 3.50. The molecule has 4 heteroatoms. The van der Waals surface area contributed by atoms with Crippen LogP contribution in [0.5, 0.6) is 0 Å². The first-order valence-corrected chi connectivity index (χ1v) is 2.27. The molecular weight excluding hydrogens is 120 g/mol. The smallest absolute Gasteiger partial charge is 0.298 e. The molecule has 48 valence electrons. The number of nitrogens with zero attached hydrogens (tertiary/aromatic N) is 1. The highest BCUT2D eigenvalue weighted by molar-refractivity contribution is 5.91. The molecule has 0 aromatic rings. The fraction of sp³-hybridized carbons (Fsp3) is 0.200. The van der Waals surface area contributed by atoms with E-state index in [2.05, 4.69) is 0 Å². The van der Waals surface area contributed by atoms with Gasteiger partial charge in [-0.25, -0.2) is 0 Å². The lowest BCUT2D eigenvalue weighted by Gasteiger charge is -1.90. The van der Waals surface area contributed by atoms with Gasteiger partial charge in [-0.1, -0.05) is 0 Å². The molecule has 0 unspecified atom stereocenters. The van der Waals surface area contributed by atoms with E-state index in [4.69, 9.17) is 10.4 Å². The average Bonchev–Trinajstić information content (AvgIpc) is 1.87. The largest absolute Gasteiger partial charge is 0.503 e. The third kappa shape index (κ3) is 2.34. The van der Waals surface area contributed by atoms with E-state index in [1.165, 1.54) is 19.2 Å². The van der Waals surface area contributed by atoms with Crippen molar-refractivity contribution in [1.82, 2.24) is 5.32 Å². The summed E-state index contributed by atoms with van der Waals surface area (Å²) in [6, 6.07) is 0. The Balaban J connectivity index is 3.93. The van der Waals surface area contributed by atoms with Gasteiger partial charge in [-0.05, 0) is 13.0 Å². The molecule has 0 saturated carbocycles. The van der Waals surface area contributed by atoms with Gasteiger partial charge in [0.15, 0.2) is 12.0 Å². The van der Waals surface area contributed by atoms with E-state index in [-0.39, 0.29) is 0 Å². The summed E-state index contributed by atoms with van der Waals surface area (Å²) in [4.78, 5) is 10.3. The first kappa shape index (κ1) is 7.50. The Labute approximate surface area is 52.4 Å². The van der Waals surface area contributed by atoms with Crippen LogP contribution in [0.15, 0.2) is 11.8 Å². The molecule has 0 spiro atoms. The number of carbonyl (C=O) groups excluding carboxylic acids is 1. The first-order chi connectivity index (χ1) is 4.22. The van der Waals surface area contributed by atoms with E-state index in [1.54, 1.807) is 5.32 Å². The Morgan fingerprint density at radius 2 is 2.44 bits per heavy atom. The highest BCUT2D eigenvalue weighted by Gasteiger charge is 2.02. The number of rotatable bonds is 1. The van der Waals surface area contributed by atoms with Crippen LogP contribution < -0.4 is 5.32 Å². The van der Waals surface area contributed by atoms with Gasteiger partial charge in [0.2, 0.25) is 0 Å². The number of amides is 1. The minimum atomic E-state index is -0.778. The average molecular weight is 126 g/mol. The molecule has 0 bridgehead atoms. The Bertz CT molecular complexity index is 178. The Hall–Kier alpha value is -1.50. The van der Waals surface area contributed by atoms with Crippen LogP contribution in [-0.4, -0.2) is 11.0 Å². The quantitative estimate of drug-likeness (QED) is 0.225. The van der Waals surface area contributed by atoms with E-state index in [9.17, 15) is 4.79 Å². The molecule has 0 aliphatic carbocycles. The zero-order chi connectivity index (χ0) is 7.28. The van der Waals surface area contributed by atoms with Crippen LogP contribution in [0.2, 0.25) is 0 Å². The van der Waals surface area contributed by atoms with E-state index in [0.29, 0.717) is 0 Å². The number of nitrogens with one attached hydrogen (secondary N) is 1. The highest BCUT2D eigenvalue weighted by atomic mass is 16.3. The first-order valence-electron chi connectivity index (χ1n) is 2.27. The third-order valence-corrected chi connectivity index (χ3v) is 0.676. The van der Waals surface area contributed by atoms with Crippen molar-refractivity contribution in [1.29, 1.82) is 5.26 Å². The lowest BCUT2D eigenvalue weighted by molar-refractivity contribution is -0.118. The van der Waals surface area contributed by atoms with Crippen LogP contribution in [0.1, 0.15) is 6.92 Å². The minimum absolute atomic E-state index is 0.448. The van der Waals surface area contributed by atoms with Crippen LogP contribution >= 0.6 is 0 Å². The summed E-state index contributed by atoms with van der Waals surface area (Å²) in [5.41, 5.74) is 0. The predicted octanol–water partition coefficient (Wildman–Crippen LogP) is 0.0455. The topological polar surface area (TPSA) is 73.1 Å². The molecule has 1 amide bonds. The number of nitriles is 1. The van der Waals surface area contributed by atoms with Crippen LogP contribution in [0, 0.1) is 11.5 Å². The molecule has 0 aromatic heterocycles. The molecule has 2 N–H and O–H groups in total. The predicted molar refractivity (Wildman–Crippen MR) is 30.1 cm³/mol. The van der Waals surface area contributed by atoms with Gasteiger partial charge in [0.25, 0.3) is 5.91 Å². The SMILES string of the molecule is C/C=C(/O)C(=O)NC#N. The third-order valence-electron chi connectivity index (χ3n) is 0.676. The number of aliphatic hydroxyl groups excluding tert-OH is 1. The van der Waals surface area contributed by atoms with Crippen molar-refractivity contribution in [3.05, 3.63) is 11.8 Å². The van der Waals surface area contributed by atoms with Crippen molar-refractivity contribution in [2.24, 2.45) is 0 Å². The van der Waals surface area contributed by atoms with Crippen molar-refractivity contribution in [2.45, 2.75) is 6.92 Å². The van der Waals surface area contributed by atoms with Crippen LogP contribution in [0.25, 0.3) is 0 Å². The molecule has 0 atom stereocenters. The van der Waals surface area contributed by atoms with Crippen molar-refractivity contribution in [2.75, 3.05) is 0 Å². The van der Waals surface area contributed by atoms with Gasteiger partial charge in [0.05, 0.1) is 0 Å². The monoisotopic (exact) mass is 126 g/mol. The van der Waals surface area contributed by atoms with Crippen molar-refractivity contribution in [3.63, 3.8) is 0 Å². The minimum Gasteiger partial charge on any atom is -0.503 e. The van der Waals surface area contributed by atoms with Gasteiger partial charge in [-0.3, -0.25) is 10.1 Å². The van der Waals surface area contributed by atoms with E-state index in [0.717, 1.165) is 0 Å². The van der Waals surface area contributed by atoms with Gasteiger partial charge >= 0.3 is 0 Å². The molecule has 0 aliphatic rings. The molecule has 0 aromatic carbocycles. The zero-order valence-corrected chi connectivity index (χ0v) is 4.88. The van der Waals surface area contributed by atoms with E-state index in [1.807, 2.05) is 0 Å². The van der Waals surface area contributed by atoms with Crippen molar-refractivity contribution >= 4 is 5.91 Å². The molecule has 9 heavy (non-hydrogen) atoms. The summed E-state index contributed by atoms with van der Waals surface area (Å²) in [6.07, 6.45) is 2.58. The number of aliphatic hydroxyl groups is 1. The Morgan fingerprint density at radius 3 is 2.78 bits per heavy atom.